The molecule has 1 aromatic rings. The van der Waals surface area contributed by atoms with Crippen molar-refractivity contribution in [2.45, 2.75) is 38.8 Å². The maximum absolute atomic E-state index is 11.7. The van der Waals surface area contributed by atoms with Crippen LogP contribution in [0.25, 0.3) is 0 Å². The number of alkyl carbamates (subject to hydrolysis) is 1. The molecule has 1 unspecified atom stereocenters. The van der Waals surface area contributed by atoms with E-state index in [1.807, 2.05) is 25.1 Å². The molecule has 0 spiro atoms. The highest BCUT2D eigenvalue weighted by Gasteiger charge is 2.21. The molecular weight excluding hydrogens is 300 g/mol. The van der Waals surface area contributed by atoms with Crippen LogP contribution in [-0.4, -0.2) is 35.7 Å². The number of carbonyl (C=O) groups excluding carboxylic acids is 2. The highest BCUT2D eigenvalue weighted by Crippen LogP contribution is 2.03. The third kappa shape index (κ3) is 7.85. The molecule has 2 amide bonds. The Hall–Kier alpha value is -2.57. The van der Waals surface area contributed by atoms with Gasteiger partial charge in [0, 0.05) is 13.0 Å². The van der Waals surface area contributed by atoms with Crippen molar-refractivity contribution in [2.75, 3.05) is 6.54 Å². The van der Waals surface area contributed by atoms with Crippen LogP contribution in [0.15, 0.2) is 30.3 Å². The summed E-state index contributed by atoms with van der Waals surface area (Å²) in [5.74, 6) is -1.44. The molecule has 7 heteroatoms. The SMILES string of the molecule is CCCNC(=O)CCC(NC(=O)OCc1ccccc1)C(=O)O. The Morgan fingerprint density at radius 1 is 1.22 bits per heavy atom. The van der Waals surface area contributed by atoms with Gasteiger partial charge < -0.3 is 20.5 Å². The topological polar surface area (TPSA) is 105 Å². The lowest BCUT2D eigenvalue weighted by molar-refractivity contribution is -0.139. The number of rotatable bonds is 9. The van der Waals surface area contributed by atoms with Crippen molar-refractivity contribution in [1.29, 1.82) is 0 Å². The van der Waals surface area contributed by atoms with Gasteiger partial charge in [0.2, 0.25) is 5.91 Å². The normalized spacial score (nSPS) is 11.3. The number of hydrogen-bond donors (Lipinski definition) is 3. The van der Waals surface area contributed by atoms with Crippen LogP contribution in [0.3, 0.4) is 0 Å². The van der Waals surface area contributed by atoms with E-state index in [-0.39, 0.29) is 25.4 Å². The minimum absolute atomic E-state index is 0.00528. The molecule has 0 aliphatic carbocycles. The number of ether oxygens (including phenoxy) is 1. The van der Waals surface area contributed by atoms with Crippen LogP contribution in [0.2, 0.25) is 0 Å². The number of carboxylic acid groups (broad SMARTS) is 1. The summed E-state index contributed by atoms with van der Waals surface area (Å²) >= 11 is 0. The van der Waals surface area contributed by atoms with E-state index in [2.05, 4.69) is 10.6 Å². The fourth-order valence-corrected chi connectivity index (χ4v) is 1.79. The summed E-state index contributed by atoms with van der Waals surface area (Å²) in [4.78, 5) is 34.3. The van der Waals surface area contributed by atoms with Gasteiger partial charge in [-0.3, -0.25) is 4.79 Å². The largest absolute Gasteiger partial charge is 0.480 e. The van der Waals surface area contributed by atoms with Crippen LogP contribution in [0.1, 0.15) is 31.7 Å². The summed E-state index contributed by atoms with van der Waals surface area (Å²) in [5, 5.41) is 14.0. The van der Waals surface area contributed by atoms with Gasteiger partial charge in [-0.05, 0) is 18.4 Å². The number of amides is 2. The van der Waals surface area contributed by atoms with E-state index in [0.29, 0.717) is 6.54 Å². The lowest BCUT2D eigenvalue weighted by Crippen LogP contribution is -2.41. The van der Waals surface area contributed by atoms with Gasteiger partial charge >= 0.3 is 12.1 Å². The van der Waals surface area contributed by atoms with Gasteiger partial charge in [0.1, 0.15) is 12.6 Å². The van der Waals surface area contributed by atoms with Crippen LogP contribution in [0, 0.1) is 0 Å². The summed E-state index contributed by atoms with van der Waals surface area (Å²) in [7, 11) is 0. The molecule has 0 radical (unpaired) electrons. The van der Waals surface area contributed by atoms with Crippen LogP contribution in [0.4, 0.5) is 4.79 Å². The molecule has 0 aliphatic rings. The highest BCUT2D eigenvalue weighted by atomic mass is 16.5. The maximum atomic E-state index is 11.7. The molecule has 0 aromatic heterocycles. The van der Waals surface area contributed by atoms with E-state index < -0.39 is 18.1 Å². The van der Waals surface area contributed by atoms with Crippen molar-refractivity contribution in [3.05, 3.63) is 35.9 Å². The summed E-state index contributed by atoms with van der Waals surface area (Å²) in [6, 6.07) is 7.88. The summed E-state index contributed by atoms with van der Waals surface area (Å²) in [5.41, 5.74) is 0.800. The number of nitrogens with one attached hydrogen (secondary N) is 2. The first kappa shape index (κ1) is 18.5. The molecule has 0 bridgehead atoms. The smallest absolute Gasteiger partial charge is 0.408 e. The van der Waals surface area contributed by atoms with Gasteiger partial charge in [-0.25, -0.2) is 9.59 Å². The fraction of sp³-hybridized carbons (Fsp3) is 0.438. The zero-order chi connectivity index (χ0) is 17.1. The lowest BCUT2D eigenvalue weighted by Gasteiger charge is -2.14. The van der Waals surface area contributed by atoms with Crippen LogP contribution >= 0.6 is 0 Å². The molecular formula is C16H22N2O5. The van der Waals surface area contributed by atoms with Gasteiger partial charge in [0.25, 0.3) is 0 Å². The molecule has 0 fully saturated rings. The van der Waals surface area contributed by atoms with Crippen molar-refractivity contribution >= 4 is 18.0 Å². The zero-order valence-corrected chi connectivity index (χ0v) is 13.1. The monoisotopic (exact) mass is 322 g/mol. The molecule has 1 aromatic carbocycles. The lowest BCUT2D eigenvalue weighted by atomic mass is 10.1. The molecule has 1 rings (SSSR count). The van der Waals surface area contributed by atoms with Crippen molar-refractivity contribution in [3.63, 3.8) is 0 Å². The fourth-order valence-electron chi connectivity index (χ4n) is 1.79. The molecule has 0 aliphatic heterocycles. The van der Waals surface area contributed by atoms with Gasteiger partial charge in [0.15, 0.2) is 0 Å². The number of carboxylic acids is 1. The maximum Gasteiger partial charge on any atom is 0.408 e. The van der Waals surface area contributed by atoms with E-state index in [9.17, 15) is 14.4 Å². The summed E-state index contributed by atoms with van der Waals surface area (Å²) in [6.45, 7) is 2.52. The first-order valence-corrected chi connectivity index (χ1v) is 7.49. The standard InChI is InChI=1S/C16H22N2O5/c1-2-10-17-14(19)9-8-13(15(20)21)18-16(22)23-11-12-6-4-3-5-7-12/h3-7,13H,2,8-11H2,1H3,(H,17,19)(H,18,22)(H,20,21). The van der Waals surface area contributed by atoms with Crippen molar-refractivity contribution in [2.24, 2.45) is 0 Å². The van der Waals surface area contributed by atoms with Crippen LogP contribution in [0.5, 0.6) is 0 Å². The van der Waals surface area contributed by atoms with E-state index >= 15 is 0 Å². The Morgan fingerprint density at radius 2 is 1.91 bits per heavy atom. The second kappa shape index (κ2) is 10.2. The Labute approximate surface area is 135 Å². The molecule has 23 heavy (non-hydrogen) atoms. The second-order valence-corrected chi connectivity index (χ2v) is 4.99. The number of benzene rings is 1. The zero-order valence-electron chi connectivity index (χ0n) is 13.1. The Morgan fingerprint density at radius 3 is 2.52 bits per heavy atom. The average molecular weight is 322 g/mol. The van der Waals surface area contributed by atoms with Crippen molar-refractivity contribution < 1.29 is 24.2 Å². The third-order valence-corrected chi connectivity index (χ3v) is 3.04. The Bertz CT molecular complexity index is 518. The quantitative estimate of drug-likeness (QED) is 0.641. The predicted molar refractivity (Wildman–Crippen MR) is 83.7 cm³/mol. The third-order valence-electron chi connectivity index (χ3n) is 3.04. The second-order valence-electron chi connectivity index (χ2n) is 4.99. The van der Waals surface area contributed by atoms with Gasteiger partial charge in [0.05, 0.1) is 0 Å². The summed E-state index contributed by atoms with van der Waals surface area (Å²) < 4.78 is 4.97. The molecule has 0 saturated carbocycles. The molecule has 0 saturated heterocycles. The molecule has 126 valence electrons. The molecule has 0 heterocycles. The van der Waals surface area contributed by atoms with Crippen LogP contribution < -0.4 is 10.6 Å². The highest BCUT2D eigenvalue weighted by molar-refractivity contribution is 5.81. The number of hydrogen-bond acceptors (Lipinski definition) is 4. The van der Waals surface area contributed by atoms with Gasteiger partial charge in [-0.2, -0.15) is 0 Å². The molecule has 1 atom stereocenters. The number of carbonyl (C=O) groups is 3. The Kier molecular flexibility index (Phi) is 8.20. The molecule has 7 nitrogen and oxygen atoms in total. The average Bonchev–Trinajstić information content (AvgIpc) is 2.55. The number of aliphatic carboxylic acids is 1. The van der Waals surface area contributed by atoms with Gasteiger partial charge in [-0.15, -0.1) is 0 Å². The van der Waals surface area contributed by atoms with Crippen LogP contribution in [-0.2, 0) is 20.9 Å². The van der Waals surface area contributed by atoms with E-state index in [1.165, 1.54) is 0 Å². The van der Waals surface area contributed by atoms with E-state index in [0.717, 1.165) is 12.0 Å². The van der Waals surface area contributed by atoms with Crippen molar-refractivity contribution in [1.82, 2.24) is 10.6 Å². The molecule has 3 N–H and O–H groups in total. The first-order valence-electron chi connectivity index (χ1n) is 7.49. The first-order chi connectivity index (χ1) is 11.0. The minimum atomic E-state index is -1.20. The minimum Gasteiger partial charge on any atom is -0.480 e. The van der Waals surface area contributed by atoms with E-state index in [4.69, 9.17) is 9.84 Å². The Balaban J connectivity index is 2.38. The van der Waals surface area contributed by atoms with Gasteiger partial charge in [-0.1, -0.05) is 37.3 Å². The van der Waals surface area contributed by atoms with Crippen molar-refractivity contribution in [3.8, 4) is 0 Å². The predicted octanol–water partition coefficient (Wildman–Crippen LogP) is 1.67. The van der Waals surface area contributed by atoms with E-state index in [1.54, 1.807) is 12.1 Å². The summed E-state index contributed by atoms with van der Waals surface area (Å²) in [6.07, 6.45) is 0.00888.